The summed E-state index contributed by atoms with van der Waals surface area (Å²) in [4.78, 5) is 42.5. The summed E-state index contributed by atoms with van der Waals surface area (Å²) < 4.78 is 45.1. The lowest BCUT2D eigenvalue weighted by molar-refractivity contribution is -0.137. The van der Waals surface area contributed by atoms with Crippen LogP contribution in [0.3, 0.4) is 0 Å². The van der Waals surface area contributed by atoms with Gasteiger partial charge >= 0.3 is 6.18 Å². The van der Waals surface area contributed by atoms with Gasteiger partial charge in [0.05, 0.1) is 29.8 Å². The number of amides is 2. The quantitative estimate of drug-likeness (QED) is 0.446. The van der Waals surface area contributed by atoms with Gasteiger partial charge in [-0.15, -0.1) is 0 Å². The molecule has 2 amide bonds. The van der Waals surface area contributed by atoms with E-state index in [2.05, 4.69) is 5.32 Å². The van der Waals surface area contributed by atoms with Gasteiger partial charge in [-0.3, -0.25) is 14.4 Å². The number of para-hydroxylation sites is 1. The van der Waals surface area contributed by atoms with Gasteiger partial charge in [-0.2, -0.15) is 13.2 Å². The number of ether oxygens (including phenoxy) is 1. The van der Waals surface area contributed by atoms with Gasteiger partial charge in [0.25, 0.3) is 11.7 Å². The van der Waals surface area contributed by atoms with E-state index in [1.165, 1.54) is 17.0 Å². The molecule has 5 rings (SSSR count). The summed E-state index contributed by atoms with van der Waals surface area (Å²) in [5.74, 6) is -1.22. The van der Waals surface area contributed by atoms with Crippen LogP contribution in [-0.4, -0.2) is 49.7 Å². The fourth-order valence-electron chi connectivity index (χ4n) is 4.93. The average molecular weight is 538 g/mol. The van der Waals surface area contributed by atoms with Crippen molar-refractivity contribution in [2.45, 2.75) is 25.2 Å². The second kappa shape index (κ2) is 10.2. The standard InChI is InChI=1S/C29H26F3N3O4/c1-34(2)14-13-33-24(36)15-23-25-20(19-5-3-4-6-22(19)39-23)11-12-21-26(25)27(37)28(38)35(21)16-17-7-9-18(10-8-17)29(30,31)32/h3-12,23H,13-16H2,1-2H3,(H,33,36). The summed E-state index contributed by atoms with van der Waals surface area (Å²) in [6.07, 6.45) is -5.36. The maximum absolute atomic E-state index is 13.3. The molecule has 2 aliphatic rings. The Morgan fingerprint density at radius 1 is 1.00 bits per heavy atom. The maximum atomic E-state index is 13.3. The van der Waals surface area contributed by atoms with Gasteiger partial charge in [-0.05, 0) is 49.5 Å². The van der Waals surface area contributed by atoms with E-state index in [1.54, 1.807) is 18.2 Å². The fourth-order valence-corrected chi connectivity index (χ4v) is 4.93. The molecule has 1 atom stereocenters. The van der Waals surface area contributed by atoms with E-state index in [4.69, 9.17) is 4.74 Å². The molecule has 2 aliphatic heterocycles. The Hall–Kier alpha value is -4.18. The van der Waals surface area contributed by atoms with Crippen LogP contribution in [0.25, 0.3) is 11.1 Å². The minimum absolute atomic E-state index is 0.0639. The summed E-state index contributed by atoms with van der Waals surface area (Å²) in [6.45, 7) is 1.01. The highest BCUT2D eigenvalue weighted by Gasteiger charge is 2.42. The predicted octanol–water partition coefficient (Wildman–Crippen LogP) is 4.60. The van der Waals surface area contributed by atoms with Gasteiger partial charge in [0, 0.05) is 24.2 Å². The topological polar surface area (TPSA) is 79.0 Å². The third-order valence-corrected chi connectivity index (χ3v) is 6.82. The van der Waals surface area contributed by atoms with Crippen LogP contribution in [0.4, 0.5) is 18.9 Å². The lowest BCUT2D eigenvalue weighted by Gasteiger charge is -2.30. The number of carbonyl (C=O) groups excluding carboxylic acids is 3. The first-order valence-electron chi connectivity index (χ1n) is 12.4. The molecule has 2 heterocycles. The van der Waals surface area contributed by atoms with Crippen molar-refractivity contribution in [2.75, 3.05) is 32.1 Å². The number of nitrogens with zero attached hydrogens (tertiary/aromatic N) is 2. The number of carbonyl (C=O) groups is 3. The monoisotopic (exact) mass is 537 g/mol. The van der Waals surface area contributed by atoms with Gasteiger partial charge in [-0.1, -0.05) is 36.4 Å². The van der Waals surface area contributed by atoms with Crippen LogP contribution in [0.2, 0.25) is 0 Å². The molecule has 1 unspecified atom stereocenters. The molecule has 0 radical (unpaired) electrons. The molecular formula is C29H26F3N3O4. The van der Waals surface area contributed by atoms with Crippen molar-refractivity contribution >= 4 is 23.3 Å². The molecule has 0 spiro atoms. The third-order valence-electron chi connectivity index (χ3n) is 6.82. The van der Waals surface area contributed by atoms with Crippen LogP contribution in [0.1, 0.15) is 39.6 Å². The van der Waals surface area contributed by atoms with Gasteiger partial charge < -0.3 is 19.9 Å². The number of alkyl halides is 3. The highest BCUT2D eigenvalue weighted by Crippen LogP contribution is 2.48. The molecule has 0 aromatic heterocycles. The second-order valence-corrected chi connectivity index (χ2v) is 9.80. The Morgan fingerprint density at radius 3 is 2.41 bits per heavy atom. The SMILES string of the molecule is CN(C)CCNC(=O)CC1Oc2ccccc2-c2ccc3c(c21)C(=O)C(=O)N3Cc1ccc(C(F)(F)F)cc1. The van der Waals surface area contributed by atoms with Crippen molar-refractivity contribution in [3.63, 3.8) is 0 Å². The Morgan fingerprint density at radius 2 is 1.72 bits per heavy atom. The summed E-state index contributed by atoms with van der Waals surface area (Å²) >= 11 is 0. The predicted molar refractivity (Wildman–Crippen MR) is 138 cm³/mol. The number of Topliss-reactive ketones (excluding diaryl/α,β-unsaturated/α-hetero) is 1. The van der Waals surface area contributed by atoms with Gasteiger partial charge in [-0.25, -0.2) is 0 Å². The number of ketones is 1. The Balaban J connectivity index is 1.51. The highest BCUT2D eigenvalue weighted by atomic mass is 19.4. The largest absolute Gasteiger partial charge is 0.484 e. The first-order chi connectivity index (χ1) is 18.5. The van der Waals surface area contributed by atoms with E-state index in [9.17, 15) is 27.6 Å². The maximum Gasteiger partial charge on any atom is 0.416 e. The number of rotatable bonds is 7. The van der Waals surface area contributed by atoms with E-state index in [1.807, 2.05) is 37.2 Å². The number of hydrogen-bond donors (Lipinski definition) is 1. The zero-order valence-electron chi connectivity index (χ0n) is 21.3. The van der Waals surface area contributed by atoms with Crippen LogP contribution in [0, 0.1) is 0 Å². The van der Waals surface area contributed by atoms with Crippen LogP contribution in [-0.2, 0) is 22.3 Å². The number of fused-ring (bicyclic) bond motifs is 5. The van der Waals surface area contributed by atoms with Crippen LogP contribution >= 0.6 is 0 Å². The molecule has 3 aromatic rings. The molecule has 0 bridgehead atoms. The molecule has 39 heavy (non-hydrogen) atoms. The molecule has 10 heteroatoms. The molecule has 0 saturated carbocycles. The smallest absolute Gasteiger partial charge is 0.416 e. The fraction of sp³-hybridized carbons (Fsp3) is 0.276. The lowest BCUT2D eigenvalue weighted by Crippen LogP contribution is -2.33. The van der Waals surface area contributed by atoms with E-state index < -0.39 is 29.5 Å². The minimum Gasteiger partial charge on any atom is -0.484 e. The normalized spacial score (nSPS) is 16.1. The average Bonchev–Trinajstić information content (AvgIpc) is 3.13. The van der Waals surface area contributed by atoms with E-state index in [-0.39, 0.29) is 24.4 Å². The number of halogens is 3. The number of hydrogen-bond acceptors (Lipinski definition) is 5. The first-order valence-corrected chi connectivity index (χ1v) is 12.4. The van der Waals surface area contributed by atoms with Crippen molar-refractivity contribution in [1.82, 2.24) is 10.2 Å². The molecule has 3 aromatic carbocycles. The van der Waals surface area contributed by atoms with Crippen molar-refractivity contribution < 1.29 is 32.3 Å². The first kappa shape index (κ1) is 26.4. The van der Waals surface area contributed by atoms with E-state index >= 15 is 0 Å². The summed E-state index contributed by atoms with van der Waals surface area (Å²) in [7, 11) is 3.79. The molecule has 7 nitrogen and oxygen atoms in total. The van der Waals surface area contributed by atoms with Gasteiger partial charge in [0.15, 0.2) is 0 Å². The molecule has 1 N–H and O–H groups in total. The van der Waals surface area contributed by atoms with Crippen molar-refractivity contribution in [3.05, 3.63) is 82.9 Å². The number of nitrogens with one attached hydrogen (secondary N) is 1. The Kier molecular flexibility index (Phi) is 6.90. The van der Waals surface area contributed by atoms with E-state index in [0.29, 0.717) is 41.2 Å². The zero-order valence-corrected chi connectivity index (χ0v) is 21.3. The summed E-state index contributed by atoms with van der Waals surface area (Å²) in [6, 6.07) is 15.2. The number of anilines is 1. The Labute approximate surface area is 223 Å². The molecular weight excluding hydrogens is 511 g/mol. The number of likely N-dealkylation sites (N-methyl/N-ethyl adjacent to an activating group) is 1. The second-order valence-electron chi connectivity index (χ2n) is 9.80. The summed E-state index contributed by atoms with van der Waals surface area (Å²) in [5.41, 5.74) is 2.03. The minimum atomic E-state index is -4.48. The van der Waals surface area contributed by atoms with Crippen molar-refractivity contribution in [3.8, 4) is 16.9 Å². The Bertz CT molecular complexity index is 1450. The zero-order chi connectivity index (χ0) is 27.9. The lowest BCUT2D eigenvalue weighted by atomic mass is 9.86. The van der Waals surface area contributed by atoms with Crippen LogP contribution in [0.15, 0.2) is 60.7 Å². The van der Waals surface area contributed by atoms with Gasteiger partial charge in [0.2, 0.25) is 5.91 Å². The summed E-state index contributed by atoms with van der Waals surface area (Å²) in [5, 5.41) is 2.86. The highest BCUT2D eigenvalue weighted by molar-refractivity contribution is 6.52. The van der Waals surface area contributed by atoms with Crippen LogP contribution in [0.5, 0.6) is 5.75 Å². The van der Waals surface area contributed by atoms with Crippen LogP contribution < -0.4 is 15.0 Å². The van der Waals surface area contributed by atoms with Gasteiger partial charge in [0.1, 0.15) is 11.9 Å². The molecule has 202 valence electrons. The van der Waals surface area contributed by atoms with E-state index in [0.717, 1.165) is 17.7 Å². The number of benzene rings is 3. The van der Waals surface area contributed by atoms with Crippen molar-refractivity contribution in [2.24, 2.45) is 0 Å². The van der Waals surface area contributed by atoms with Crippen molar-refractivity contribution in [1.29, 1.82) is 0 Å². The molecule has 0 saturated heterocycles. The third kappa shape index (κ3) is 5.12. The molecule has 0 aliphatic carbocycles. The molecule has 0 fully saturated rings.